The first-order valence-electron chi connectivity index (χ1n) is 10.2. The van der Waals surface area contributed by atoms with Crippen LogP contribution in [0, 0.1) is 6.92 Å². The lowest BCUT2D eigenvalue weighted by molar-refractivity contribution is -0.145. The molecule has 1 atom stereocenters. The summed E-state index contributed by atoms with van der Waals surface area (Å²) in [6, 6.07) is 18.1. The van der Waals surface area contributed by atoms with Crippen molar-refractivity contribution in [3.8, 4) is 5.75 Å². The molecule has 0 spiro atoms. The van der Waals surface area contributed by atoms with Crippen LogP contribution in [0.5, 0.6) is 5.75 Å². The summed E-state index contributed by atoms with van der Waals surface area (Å²) < 4.78 is 5.51. The smallest absolute Gasteiger partial charge is 0.330 e. The van der Waals surface area contributed by atoms with Gasteiger partial charge < -0.3 is 14.8 Å². The maximum Gasteiger partial charge on any atom is 0.330 e. The molecule has 0 saturated heterocycles. The number of carboxylic acid groups (broad SMARTS) is 1. The van der Waals surface area contributed by atoms with Gasteiger partial charge in [-0.2, -0.15) is 0 Å². The van der Waals surface area contributed by atoms with Crippen LogP contribution in [0.4, 0.5) is 0 Å². The van der Waals surface area contributed by atoms with E-state index in [4.69, 9.17) is 4.74 Å². The monoisotopic (exact) mass is 400 g/mol. The Morgan fingerprint density at radius 1 is 1.10 bits per heavy atom. The number of ether oxygens (including phenoxy) is 1. The number of benzene rings is 3. The second-order valence-corrected chi connectivity index (χ2v) is 8.06. The summed E-state index contributed by atoms with van der Waals surface area (Å²) in [6.07, 6.45) is 1.14. The van der Waals surface area contributed by atoms with Crippen LogP contribution in [-0.2, 0) is 23.2 Å². The quantitative estimate of drug-likeness (QED) is 0.477. The zero-order valence-electron chi connectivity index (χ0n) is 17.1. The summed E-state index contributed by atoms with van der Waals surface area (Å²) in [5, 5.41) is 16.9. The van der Waals surface area contributed by atoms with Gasteiger partial charge in [-0.3, -0.25) is 5.32 Å². The molecular weight excluding hydrogens is 376 g/mol. The van der Waals surface area contributed by atoms with Gasteiger partial charge in [-0.05, 0) is 48.1 Å². The lowest BCUT2D eigenvalue weighted by Crippen LogP contribution is -2.54. The molecule has 152 valence electrons. The number of rotatable bonds is 4. The molecule has 5 heteroatoms. The number of aromatic nitrogens is 1. The van der Waals surface area contributed by atoms with Crippen LogP contribution in [0.3, 0.4) is 0 Å². The Kier molecular flexibility index (Phi) is 4.29. The molecular formula is C25H24N2O3. The van der Waals surface area contributed by atoms with E-state index in [0.29, 0.717) is 13.0 Å². The first kappa shape index (κ1) is 18.7. The number of hydrogen-bond donors (Lipinski definition) is 3. The highest BCUT2D eigenvalue weighted by Crippen LogP contribution is 2.39. The summed E-state index contributed by atoms with van der Waals surface area (Å²) in [5.74, 6) is -0.0799. The predicted molar refractivity (Wildman–Crippen MR) is 118 cm³/mol. The first-order chi connectivity index (χ1) is 14.5. The summed E-state index contributed by atoms with van der Waals surface area (Å²) in [5.41, 5.74) is 3.79. The van der Waals surface area contributed by atoms with E-state index in [1.165, 1.54) is 5.56 Å². The second-order valence-electron chi connectivity index (χ2n) is 8.06. The number of hydrogen-bond acceptors (Lipinski definition) is 3. The molecule has 0 bridgehead atoms. The fourth-order valence-corrected chi connectivity index (χ4v) is 4.84. The fraction of sp³-hybridized carbons (Fsp3) is 0.240. The second kappa shape index (κ2) is 6.89. The van der Waals surface area contributed by atoms with Crippen molar-refractivity contribution < 1.29 is 14.6 Å². The highest BCUT2D eigenvalue weighted by atomic mass is 16.5. The number of aryl methyl sites for hydroxylation is 1. The minimum absolute atomic E-state index is 0.339. The van der Waals surface area contributed by atoms with Gasteiger partial charge in [0.1, 0.15) is 5.75 Å². The topological polar surface area (TPSA) is 74.3 Å². The standard InChI is InChI=1S/C25H24N2O3/c1-15-7-9-21-20(13-15)19-11-12-26-25(24(28)29,23(19)27-21)14-16-8-10-22(30-2)18-6-4-3-5-17(16)18/h3-10,13,26-27H,11-12,14H2,1-2H3,(H,28,29). The fourth-order valence-electron chi connectivity index (χ4n) is 4.84. The molecule has 1 aliphatic heterocycles. The maximum absolute atomic E-state index is 12.7. The molecule has 30 heavy (non-hydrogen) atoms. The molecule has 1 aromatic heterocycles. The maximum atomic E-state index is 12.7. The highest BCUT2D eigenvalue weighted by Gasteiger charge is 2.46. The average Bonchev–Trinajstić information content (AvgIpc) is 3.13. The van der Waals surface area contributed by atoms with Crippen LogP contribution in [0.1, 0.15) is 22.4 Å². The van der Waals surface area contributed by atoms with Crippen molar-refractivity contribution in [1.29, 1.82) is 0 Å². The average molecular weight is 400 g/mol. The van der Waals surface area contributed by atoms with Crippen molar-refractivity contribution >= 4 is 27.6 Å². The number of aromatic amines is 1. The Labute approximate surface area is 174 Å². The molecule has 0 radical (unpaired) electrons. The van der Waals surface area contributed by atoms with Crippen molar-refractivity contribution in [1.82, 2.24) is 10.3 Å². The minimum Gasteiger partial charge on any atom is -0.496 e. The van der Waals surface area contributed by atoms with E-state index in [1.54, 1.807) is 7.11 Å². The molecule has 1 aliphatic rings. The molecule has 0 fully saturated rings. The van der Waals surface area contributed by atoms with E-state index >= 15 is 0 Å². The number of aliphatic carboxylic acids is 1. The Morgan fingerprint density at radius 3 is 2.67 bits per heavy atom. The van der Waals surface area contributed by atoms with E-state index in [1.807, 2.05) is 42.5 Å². The Bertz CT molecular complexity index is 1290. The number of nitrogens with one attached hydrogen (secondary N) is 2. The summed E-state index contributed by atoms with van der Waals surface area (Å²) in [7, 11) is 1.65. The summed E-state index contributed by atoms with van der Waals surface area (Å²) >= 11 is 0. The Balaban J connectivity index is 1.71. The van der Waals surface area contributed by atoms with Crippen molar-refractivity contribution in [2.75, 3.05) is 13.7 Å². The minimum atomic E-state index is -1.21. The van der Waals surface area contributed by atoms with Gasteiger partial charge in [-0.25, -0.2) is 4.79 Å². The molecule has 5 rings (SSSR count). The van der Waals surface area contributed by atoms with Crippen LogP contribution in [0.2, 0.25) is 0 Å². The molecule has 1 unspecified atom stereocenters. The molecule has 0 saturated carbocycles. The van der Waals surface area contributed by atoms with Crippen molar-refractivity contribution in [3.63, 3.8) is 0 Å². The highest BCUT2D eigenvalue weighted by molar-refractivity contribution is 5.94. The van der Waals surface area contributed by atoms with Gasteiger partial charge in [0, 0.05) is 29.3 Å². The van der Waals surface area contributed by atoms with Crippen LogP contribution < -0.4 is 10.1 Å². The molecule has 0 amide bonds. The number of H-pyrrole nitrogens is 1. The third kappa shape index (κ3) is 2.70. The summed E-state index contributed by atoms with van der Waals surface area (Å²) in [6.45, 7) is 2.68. The van der Waals surface area contributed by atoms with Crippen LogP contribution in [-0.4, -0.2) is 29.7 Å². The zero-order chi connectivity index (χ0) is 20.9. The third-order valence-corrected chi connectivity index (χ3v) is 6.31. The Hall–Kier alpha value is -3.31. The molecule has 4 aromatic rings. The summed E-state index contributed by atoms with van der Waals surface area (Å²) in [4.78, 5) is 16.2. The van der Waals surface area contributed by atoms with E-state index in [0.717, 1.165) is 50.7 Å². The lowest BCUT2D eigenvalue weighted by atomic mass is 9.80. The van der Waals surface area contributed by atoms with Crippen LogP contribution >= 0.6 is 0 Å². The molecule has 5 nitrogen and oxygen atoms in total. The SMILES string of the molecule is COc1ccc(CC2(C(=O)O)NCCc3c2[nH]c2ccc(C)cc32)c2ccccc12. The number of carbonyl (C=O) groups is 1. The molecule has 0 aliphatic carbocycles. The largest absolute Gasteiger partial charge is 0.496 e. The van der Waals surface area contributed by atoms with E-state index < -0.39 is 11.5 Å². The molecule has 2 heterocycles. The molecule has 3 N–H and O–H groups in total. The van der Waals surface area contributed by atoms with Crippen molar-refractivity contribution in [2.45, 2.75) is 25.3 Å². The molecule has 3 aromatic carbocycles. The number of methoxy groups -OCH3 is 1. The van der Waals surface area contributed by atoms with E-state index in [-0.39, 0.29) is 0 Å². The Morgan fingerprint density at radius 2 is 1.90 bits per heavy atom. The number of fused-ring (bicyclic) bond motifs is 4. The van der Waals surface area contributed by atoms with Gasteiger partial charge in [0.25, 0.3) is 0 Å². The van der Waals surface area contributed by atoms with Gasteiger partial charge in [0.05, 0.1) is 12.8 Å². The van der Waals surface area contributed by atoms with Gasteiger partial charge in [0.15, 0.2) is 5.54 Å². The first-order valence-corrected chi connectivity index (χ1v) is 10.2. The zero-order valence-corrected chi connectivity index (χ0v) is 17.1. The lowest BCUT2D eigenvalue weighted by Gasteiger charge is -2.35. The number of carboxylic acids is 1. The van der Waals surface area contributed by atoms with Crippen LogP contribution in [0.25, 0.3) is 21.7 Å². The van der Waals surface area contributed by atoms with Gasteiger partial charge in [-0.15, -0.1) is 0 Å². The third-order valence-electron chi connectivity index (χ3n) is 6.31. The van der Waals surface area contributed by atoms with Gasteiger partial charge in [0.2, 0.25) is 0 Å². The van der Waals surface area contributed by atoms with Crippen molar-refractivity contribution in [2.24, 2.45) is 0 Å². The van der Waals surface area contributed by atoms with Gasteiger partial charge >= 0.3 is 5.97 Å². The van der Waals surface area contributed by atoms with E-state index in [2.05, 4.69) is 29.4 Å². The normalized spacial score (nSPS) is 18.5. The van der Waals surface area contributed by atoms with Crippen LogP contribution in [0.15, 0.2) is 54.6 Å². The van der Waals surface area contributed by atoms with Gasteiger partial charge in [-0.1, -0.05) is 42.0 Å². The predicted octanol–water partition coefficient (Wildman–Crippen LogP) is 4.31. The van der Waals surface area contributed by atoms with Crippen molar-refractivity contribution in [3.05, 3.63) is 77.0 Å². The van der Waals surface area contributed by atoms with E-state index in [9.17, 15) is 9.90 Å².